The zero-order valence-electron chi connectivity index (χ0n) is 17.4. The average molecular weight is 469 g/mol. The summed E-state index contributed by atoms with van der Waals surface area (Å²) < 4.78 is 34.1. The van der Waals surface area contributed by atoms with Crippen molar-refractivity contribution in [1.82, 2.24) is 9.21 Å². The quantitative estimate of drug-likeness (QED) is 0.640. The normalized spacial score (nSPS) is 24.5. The molecule has 1 aromatic carbocycles. The first kappa shape index (κ1) is 23.5. The van der Waals surface area contributed by atoms with Crippen molar-refractivity contribution in [2.45, 2.75) is 43.2 Å². The molecule has 31 heavy (non-hydrogen) atoms. The molecule has 2 fully saturated rings. The van der Waals surface area contributed by atoms with E-state index < -0.39 is 28.1 Å². The van der Waals surface area contributed by atoms with Gasteiger partial charge in [-0.05, 0) is 43.9 Å². The standard InChI is InChI=1S/C21H25ClN2O6S/c1-4-8-23-11-14(12-30-3)18-6-5-7-19(20(23)25)24(18)31(28,29)15-9-16(21(26)27)13(2)17(22)10-15/h1,9-10,14,18-19H,5-8,11-12H2,2-3H3,(H,26,27)/t14-,18-,19+/m1/s1. The fourth-order valence-corrected chi connectivity index (χ4v) is 6.74. The van der Waals surface area contributed by atoms with E-state index in [4.69, 9.17) is 22.8 Å². The van der Waals surface area contributed by atoms with Crippen molar-refractivity contribution in [2.24, 2.45) is 5.92 Å². The zero-order chi connectivity index (χ0) is 22.9. The number of amides is 1. The lowest BCUT2D eigenvalue weighted by Crippen LogP contribution is -2.55. The monoisotopic (exact) mass is 468 g/mol. The number of terminal acetylenes is 1. The van der Waals surface area contributed by atoms with Crippen molar-refractivity contribution in [3.05, 3.63) is 28.3 Å². The van der Waals surface area contributed by atoms with Gasteiger partial charge in [-0.15, -0.1) is 6.42 Å². The SMILES string of the molecule is C#CCN1C[C@H](COC)[C@H]2CCC[C@@H](C1=O)N2S(=O)(=O)c1cc(Cl)c(C)c(C(=O)O)c1. The van der Waals surface area contributed by atoms with Crippen LogP contribution in [0.1, 0.15) is 35.2 Å². The Morgan fingerprint density at radius 1 is 1.39 bits per heavy atom. The second-order valence-corrected chi connectivity index (χ2v) is 10.1. The molecular formula is C21H25ClN2O6S. The average Bonchev–Trinajstić information content (AvgIpc) is 2.78. The summed E-state index contributed by atoms with van der Waals surface area (Å²) >= 11 is 6.17. The number of ether oxygens (including phenoxy) is 1. The highest BCUT2D eigenvalue weighted by Crippen LogP contribution is 2.38. The molecule has 1 aromatic rings. The minimum Gasteiger partial charge on any atom is -0.478 e. The Kier molecular flexibility index (Phi) is 6.96. The van der Waals surface area contributed by atoms with Crippen molar-refractivity contribution in [1.29, 1.82) is 0 Å². The largest absolute Gasteiger partial charge is 0.478 e. The Labute approximate surface area is 187 Å². The Balaban J connectivity index is 2.16. The number of benzene rings is 1. The van der Waals surface area contributed by atoms with Crippen LogP contribution in [0.15, 0.2) is 17.0 Å². The molecule has 2 heterocycles. The molecule has 0 spiro atoms. The molecule has 3 rings (SSSR count). The summed E-state index contributed by atoms with van der Waals surface area (Å²) in [5.74, 6) is 0.572. The number of piperidine rings is 1. The van der Waals surface area contributed by atoms with Gasteiger partial charge in [-0.25, -0.2) is 13.2 Å². The molecule has 1 N–H and O–H groups in total. The van der Waals surface area contributed by atoms with Crippen molar-refractivity contribution in [3.8, 4) is 12.3 Å². The van der Waals surface area contributed by atoms with E-state index in [1.165, 1.54) is 29.3 Å². The van der Waals surface area contributed by atoms with Crippen LogP contribution in [-0.4, -0.2) is 73.5 Å². The van der Waals surface area contributed by atoms with Crippen molar-refractivity contribution in [3.63, 3.8) is 0 Å². The van der Waals surface area contributed by atoms with E-state index in [0.717, 1.165) is 6.07 Å². The number of carbonyl (C=O) groups excluding carboxylic acids is 1. The van der Waals surface area contributed by atoms with Gasteiger partial charge >= 0.3 is 5.97 Å². The third-order valence-corrected chi connectivity index (χ3v) is 8.30. The van der Waals surface area contributed by atoms with E-state index in [-0.39, 0.29) is 46.0 Å². The third kappa shape index (κ3) is 4.30. The molecule has 0 unspecified atom stereocenters. The number of carboxylic acids is 1. The Hall–Kier alpha value is -2.12. The van der Waals surface area contributed by atoms with Gasteiger partial charge in [0.1, 0.15) is 6.04 Å². The van der Waals surface area contributed by atoms with Crippen molar-refractivity contribution >= 4 is 33.5 Å². The van der Waals surface area contributed by atoms with Gasteiger partial charge in [0, 0.05) is 30.6 Å². The minimum absolute atomic E-state index is 0.0344. The highest BCUT2D eigenvalue weighted by Gasteiger charge is 2.50. The predicted molar refractivity (Wildman–Crippen MR) is 114 cm³/mol. The first-order chi connectivity index (χ1) is 14.6. The molecule has 8 nitrogen and oxygen atoms in total. The molecule has 168 valence electrons. The van der Waals surface area contributed by atoms with Gasteiger partial charge in [0.05, 0.1) is 23.6 Å². The van der Waals surface area contributed by atoms with E-state index in [0.29, 0.717) is 25.8 Å². The summed E-state index contributed by atoms with van der Waals surface area (Å²) in [6.45, 7) is 2.14. The lowest BCUT2D eigenvalue weighted by Gasteiger charge is -2.40. The Morgan fingerprint density at radius 2 is 2.10 bits per heavy atom. The maximum absolute atomic E-state index is 13.8. The molecule has 0 aliphatic carbocycles. The van der Waals surface area contributed by atoms with Crippen molar-refractivity contribution < 1.29 is 27.9 Å². The topological polar surface area (TPSA) is 104 Å². The van der Waals surface area contributed by atoms with Crippen molar-refractivity contribution in [2.75, 3.05) is 26.8 Å². The highest BCUT2D eigenvalue weighted by molar-refractivity contribution is 7.89. The fourth-order valence-electron chi connectivity index (χ4n) is 4.51. The van der Waals surface area contributed by atoms with E-state index in [2.05, 4.69) is 5.92 Å². The van der Waals surface area contributed by atoms with Crippen LogP contribution in [0.5, 0.6) is 0 Å². The molecule has 2 saturated heterocycles. The van der Waals surface area contributed by atoms with Gasteiger partial charge in [0.15, 0.2) is 0 Å². The summed E-state index contributed by atoms with van der Waals surface area (Å²) in [6, 6.07) is 0.957. The summed E-state index contributed by atoms with van der Waals surface area (Å²) in [5, 5.41) is 9.52. The maximum Gasteiger partial charge on any atom is 0.336 e. The van der Waals surface area contributed by atoms with Gasteiger partial charge in [0.2, 0.25) is 15.9 Å². The van der Waals surface area contributed by atoms with Crippen LogP contribution in [0, 0.1) is 25.2 Å². The summed E-state index contributed by atoms with van der Waals surface area (Å²) in [5.41, 5.74) is 0.0810. The smallest absolute Gasteiger partial charge is 0.336 e. The predicted octanol–water partition coefficient (Wildman–Crippen LogP) is 2.00. The number of rotatable bonds is 6. The summed E-state index contributed by atoms with van der Waals surface area (Å²) in [7, 11) is -2.71. The molecule has 2 aliphatic rings. The van der Waals surface area contributed by atoms with E-state index in [1.807, 2.05) is 0 Å². The molecule has 0 aromatic heterocycles. The molecule has 3 atom stereocenters. The van der Waals surface area contributed by atoms with E-state index in [1.54, 1.807) is 0 Å². The number of carbonyl (C=O) groups is 2. The van der Waals surface area contributed by atoms with Gasteiger partial charge in [-0.2, -0.15) is 4.31 Å². The highest BCUT2D eigenvalue weighted by atomic mass is 35.5. The van der Waals surface area contributed by atoms with E-state index >= 15 is 0 Å². The summed E-state index contributed by atoms with van der Waals surface area (Å²) in [4.78, 5) is 26.1. The molecule has 1 amide bonds. The van der Waals surface area contributed by atoms with Crippen LogP contribution in [0.4, 0.5) is 0 Å². The minimum atomic E-state index is -4.23. The van der Waals surface area contributed by atoms with Crippen LogP contribution >= 0.6 is 11.6 Å². The van der Waals surface area contributed by atoms with Crippen LogP contribution < -0.4 is 0 Å². The zero-order valence-corrected chi connectivity index (χ0v) is 18.9. The maximum atomic E-state index is 13.8. The van der Waals surface area contributed by atoms with Gasteiger partial charge < -0.3 is 14.7 Å². The number of sulfonamides is 1. The van der Waals surface area contributed by atoms with Crippen LogP contribution in [-0.2, 0) is 19.6 Å². The fraction of sp³-hybridized carbons (Fsp3) is 0.524. The van der Waals surface area contributed by atoms with Gasteiger partial charge in [-0.3, -0.25) is 4.79 Å². The first-order valence-electron chi connectivity index (χ1n) is 9.91. The van der Waals surface area contributed by atoms with E-state index in [9.17, 15) is 23.1 Å². The van der Waals surface area contributed by atoms with Gasteiger partial charge in [0.25, 0.3) is 0 Å². The second kappa shape index (κ2) is 9.17. The van der Waals surface area contributed by atoms with Crippen LogP contribution in [0.3, 0.4) is 0 Å². The molecule has 0 radical (unpaired) electrons. The summed E-state index contributed by atoms with van der Waals surface area (Å²) in [6.07, 6.45) is 7.05. The lowest BCUT2D eigenvalue weighted by molar-refractivity contribution is -0.134. The number of fused-ring (bicyclic) bond motifs is 2. The number of carboxylic acid groups (broad SMARTS) is 1. The number of hydrogen-bond acceptors (Lipinski definition) is 5. The number of nitrogens with zero attached hydrogens (tertiary/aromatic N) is 2. The molecule has 0 saturated carbocycles. The molecular weight excluding hydrogens is 444 g/mol. The number of methoxy groups -OCH3 is 1. The Morgan fingerprint density at radius 3 is 2.71 bits per heavy atom. The third-order valence-electron chi connectivity index (χ3n) is 5.99. The van der Waals surface area contributed by atoms with Crippen LogP contribution in [0.25, 0.3) is 0 Å². The number of halogens is 1. The second-order valence-electron chi connectivity index (χ2n) is 7.87. The molecule has 2 bridgehead atoms. The lowest BCUT2D eigenvalue weighted by atomic mass is 9.91. The first-order valence-corrected chi connectivity index (χ1v) is 11.7. The number of hydrogen-bond donors (Lipinski definition) is 1. The molecule has 10 heteroatoms. The van der Waals surface area contributed by atoms with Gasteiger partial charge in [-0.1, -0.05) is 17.5 Å². The molecule has 2 aliphatic heterocycles. The number of aromatic carboxylic acids is 1. The Bertz CT molecular complexity index is 1040. The van der Waals surface area contributed by atoms with Crippen LogP contribution in [0.2, 0.25) is 5.02 Å².